The molecule has 0 amide bonds. The minimum absolute atomic E-state index is 0.706. The zero-order chi connectivity index (χ0) is 48.1. The topological polar surface area (TPSA) is 76.7 Å². The van der Waals surface area contributed by atoms with E-state index in [0.717, 1.165) is 88.8 Å². The number of fused-ring (bicyclic) bond motifs is 15. The smallest absolute Gasteiger partial charge is 0.0705 e. The lowest BCUT2D eigenvalue weighted by atomic mass is 10.0. The molecule has 73 heavy (non-hydrogen) atoms. The van der Waals surface area contributed by atoms with Gasteiger partial charge in [-0.25, -0.2) is 0 Å². The van der Waals surface area contributed by atoms with Crippen LogP contribution < -0.4 is 11.6 Å². The Morgan fingerprint density at radius 2 is 0.534 bits per heavy atom. The van der Waals surface area contributed by atoms with Crippen LogP contribution in [0.3, 0.4) is 0 Å². The fraction of sp³-hybridized carbons (Fsp3) is 0. The van der Waals surface area contributed by atoms with E-state index in [1.54, 1.807) is 0 Å². The summed E-state index contributed by atoms with van der Waals surface area (Å²) in [5.74, 6) is 6.93. The number of nitrogens with two attached hydrogens (primary N) is 2. The number of nitrogens with zero attached hydrogens (tertiary/aromatic N) is 5. The molecule has 0 bridgehead atoms. The monoisotopic (exact) mass is 933 g/mol. The zero-order valence-electron chi connectivity index (χ0n) is 39.4. The highest BCUT2D eigenvalue weighted by molar-refractivity contribution is 6.15. The summed E-state index contributed by atoms with van der Waals surface area (Å²) in [6.07, 6.45) is 0. The van der Waals surface area contributed by atoms with Gasteiger partial charge in [0.1, 0.15) is 0 Å². The van der Waals surface area contributed by atoms with Crippen molar-refractivity contribution < 1.29 is 0 Å². The fourth-order valence-corrected chi connectivity index (χ4v) is 12.4. The number of para-hydroxylation sites is 6. The maximum Gasteiger partial charge on any atom is 0.0705 e. The average Bonchev–Trinajstić information content (AvgIpc) is 4.23. The van der Waals surface area contributed by atoms with Crippen molar-refractivity contribution in [3.8, 4) is 33.9 Å². The van der Waals surface area contributed by atoms with Gasteiger partial charge in [-0.1, -0.05) is 127 Å². The quantitative estimate of drug-likeness (QED) is 0.133. The van der Waals surface area contributed by atoms with Gasteiger partial charge in [0.2, 0.25) is 0 Å². The van der Waals surface area contributed by atoms with Gasteiger partial charge in [-0.15, -0.1) is 0 Å². The average molecular weight is 934 g/mol. The minimum atomic E-state index is 0.706. The van der Waals surface area contributed by atoms with Gasteiger partial charge in [-0.2, -0.15) is 0 Å². The molecule has 0 atom stereocenters. The second kappa shape index (κ2) is 14.8. The summed E-state index contributed by atoms with van der Waals surface area (Å²) < 4.78 is 11.3. The third-order valence-electron chi connectivity index (χ3n) is 15.6. The van der Waals surface area contributed by atoms with Crippen LogP contribution in [-0.2, 0) is 0 Å². The van der Waals surface area contributed by atoms with Gasteiger partial charge in [0, 0.05) is 70.9 Å². The van der Waals surface area contributed by atoms with E-state index in [-0.39, 0.29) is 0 Å². The summed E-state index contributed by atoms with van der Waals surface area (Å²) in [6, 6.07) is 85.6. The van der Waals surface area contributed by atoms with Gasteiger partial charge in [0.15, 0.2) is 0 Å². The Morgan fingerprint density at radius 1 is 0.219 bits per heavy atom. The molecule has 0 aliphatic heterocycles. The largest absolute Gasteiger partial charge is 0.399 e. The van der Waals surface area contributed by atoms with Crippen LogP contribution in [0.1, 0.15) is 0 Å². The minimum Gasteiger partial charge on any atom is -0.399 e. The van der Waals surface area contributed by atoms with Crippen LogP contribution in [0.5, 0.6) is 0 Å². The molecule has 0 aliphatic rings. The molecule has 0 saturated heterocycles. The van der Waals surface area contributed by atoms with Crippen molar-refractivity contribution >= 4 is 115 Å². The lowest BCUT2D eigenvalue weighted by Gasteiger charge is -2.14. The second-order valence-electron chi connectivity index (χ2n) is 19.5. The van der Waals surface area contributed by atoms with Gasteiger partial charge in [0.25, 0.3) is 0 Å². The number of rotatable bonds is 5. The maximum absolute atomic E-state index is 6.93. The normalized spacial score (nSPS) is 12.2. The molecule has 5 aromatic heterocycles. The van der Waals surface area contributed by atoms with E-state index in [2.05, 4.69) is 255 Å². The molecule has 0 unspecified atom stereocenters. The molecule has 16 aromatic rings. The first-order valence-electron chi connectivity index (χ1n) is 24.8. The van der Waals surface area contributed by atoms with E-state index in [0.29, 0.717) is 5.69 Å². The molecular formula is C66H43N7. The molecule has 0 fully saturated rings. The van der Waals surface area contributed by atoms with Crippen molar-refractivity contribution in [1.82, 2.24) is 22.9 Å². The number of hydrogen-bond donors (Lipinski definition) is 2. The van der Waals surface area contributed by atoms with Crippen LogP contribution in [0.25, 0.3) is 143 Å². The lowest BCUT2D eigenvalue weighted by Crippen LogP contribution is -2.06. The van der Waals surface area contributed by atoms with Crippen LogP contribution in [0.4, 0.5) is 5.69 Å². The zero-order valence-corrected chi connectivity index (χ0v) is 39.4. The predicted octanol–water partition coefficient (Wildman–Crippen LogP) is 16.1. The second-order valence-corrected chi connectivity index (χ2v) is 19.5. The summed E-state index contributed by atoms with van der Waals surface area (Å²) in [5.41, 5.74) is 25.2. The Morgan fingerprint density at radius 3 is 0.986 bits per heavy atom. The molecule has 5 heterocycles. The Balaban J connectivity index is 0.853. The Hall–Kier alpha value is -9.98. The van der Waals surface area contributed by atoms with Crippen molar-refractivity contribution in [1.29, 1.82) is 0 Å². The number of hydrogen-bond acceptors (Lipinski definition) is 2. The van der Waals surface area contributed by atoms with Crippen molar-refractivity contribution in [2.45, 2.75) is 0 Å². The highest BCUT2D eigenvalue weighted by Gasteiger charge is 2.21. The summed E-state index contributed by atoms with van der Waals surface area (Å²) in [7, 11) is 0. The molecule has 342 valence electrons. The van der Waals surface area contributed by atoms with Crippen molar-refractivity contribution in [3.63, 3.8) is 0 Å². The maximum atomic E-state index is 6.93. The van der Waals surface area contributed by atoms with Crippen LogP contribution in [0.2, 0.25) is 0 Å². The molecule has 7 heteroatoms. The Labute approximate surface area is 417 Å². The highest BCUT2D eigenvalue weighted by atomic mass is 15.3. The number of benzene rings is 11. The third-order valence-corrected chi connectivity index (χ3v) is 15.6. The molecule has 16 rings (SSSR count). The molecule has 0 spiro atoms. The number of anilines is 1. The highest BCUT2D eigenvalue weighted by Crippen LogP contribution is 2.42. The standard InChI is InChI=1S/C66H43N7/c67-42-35-45(71-60-22-10-3-15-49(60)50-16-4-11-23-61(50)71)37-46(36-42)72-62-24-12-6-18-52(62)54-33-40(26-30-63(54)72)41-25-29-53-51-17-5-9-21-59(51)70(66(53)34-41)44-28-32-65-56(39-44)55-38-43(27-31-64(55)73(65)68)69-57-19-7-1-13-47(57)48-14-2-8-20-58(48)69/h1-39H,67-68H2. The van der Waals surface area contributed by atoms with Crippen LogP contribution in [-0.4, -0.2) is 22.9 Å². The first kappa shape index (κ1) is 39.8. The summed E-state index contributed by atoms with van der Waals surface area (Å²) in [4.78, 5) is 0. The first-order chi connectivity index (χ1) is 36.0. The molecule has 4 N–H and O–H groups in total. The molecule has 11 aromatic carbocycles. The summed E-state index contributed by atoms with van der Waals surface area (Å²) in [6.45, 7) is 0. The van der Waals surface area contributed by atoms with Gasteiger partial charge < -0.3 is 29.8 Å². The Bertz CT molecular complexity index is 4910. The van der Waals surface area contributed by atoms with E-state index in [1.165, 1.54) is 54.1 Å². The molecule has 7 nitrogen and oxygen atoms in total. The van der Waals surface area contributed by atoms with Crippen molar-refractivity contribution in [2.24, 2.45) is 0 Å². The molecule has 0 radical (unpaired) electrons. The molecule has 0 aliphatic carbocycles. The van der Waals surface area contributed by atoms with E-state index < -0.39 is 0 Å². The van der Waals surface area contributed by atoms with Crippen LogP contribution in [0, 0.1) is 0 Å². The van der Waals surface area contributed by atoms with Gasteiger partial charge in [0.05, 0.1) is 66.5 Å². The summed E-state index contributed by atoms with van der Waals surface area (Å²) >= 11 is 0. The number of aromatic nitrogens is 5. The van der Waals surface area contributed by atoms with Gasteiger partial charge >= 0.3 is 0 Å². The molecular weight excluding hydrogens is 891 g/mol. The first-order valence-corrected chi connectivity index (χ1v) is 24.8. The summed E-state index contributed by atoms with van der Waals surface area (Å²) in [5, 5.41) is 11.9. The van der Waals surface area contributed by atoms with E-state index in [9.17, 15) is 0 Å². The van der Waals surface area contributed by atoms with Gasteiger partial charge in [-0.05, 0) is 120 Å². The van der Waals surface area contributed by atoms with Crippen molar-refractivity contribution in [2.75, 3.05) is 11.6 Å². The van der Waals surface area contributed by atoms with Gasteiger partial charge in [-0.3, -0.25) is 4.68 Å². The third kappa shape index (κ3) is 5.58. The SMILES string of the molecule is Nc1cc(-n2c3ccccc3c3ccccc32)cc(-n2c3ccccc3c3cc(-c4ccc5c6ccccc6n(-c6ccc7c(c6)c6cc(-n8c9ccccc9c9ccccc98)ccc6n7N)c5c4)ccc32)c1. The predicted molar refractivity (Wildman–Crippen MR) is 307 cm³/mol. The Kier molecular flexibility index (Phi) is 8.06. The van der Waals surface area contributed by atoms with Crippen LogP contribution in [0.15, 0.2) is 237 Å². The van der Waals surface area contributed by atoms with Crippen molar-refractivity contribution in [3.05, 3.63) is 237 Å². The van der Waals surface area contributed by atoms with E-state index in [1.807, 2.05) is 4.68 Å². The van der Waals surface area contributed by atoms with E-state index >= 15 is 0 Å². The fourth-order valence-electron chi connectivity index (χ4n) is 12.4. The molecule has 0 saturated carbocycles. The lowest BCUT2D eigenvalue weighted by molar-refractivity contribution is 1.11. The number of nitrogen functional groups attached to an aromatic ring is 2. The van der Waals surface area contributed by atoms with Crippen LogP contribution >= 0.6 is 0 Å². The van der Waals surface area contributed by atoms with E-state index in [4.69, 9.17) is 11.6 Å².